The highest BCUT2D eigenvalue weighted by molar-refractivity contribution is 5.81. The molecule has 0 spiro atoms. The minimum absolute atomic E-state index is 0.197. The third-order valence-corrected chi connectivity index (χ3v) is 4.99. The Hall–Kier alpha value is -2.24. The van der Waals surface area contributed by atoms with Gasteiger partial charge in [-0.3, -0.25) is 4.79 Å². The van der Waals surface area contributed by atoms with E-state index < -0.39 is 5.97 Å². The quantitative estimate of drug-likeness (QED) is 0.611. The van der Waals surface area contributed by atoms with Gasteiger partial charge < -0.3 is 19.5 Å². The summed E-state index contributed by atoms with van der Waals surface area (Å²) in [4.78, 5) is 23.9. The Morgan fingerprint density at radius 2 is 1.89 bits per heavy atom. The number of amides is 1. The molecule has 148 valence electrons. The third kappa shape index (κ3) is 5.62. The lowest BCUT2D eigenvalue weighted by molar-refractivity contribution is -0.150. The molecular weight excluding hydrogens is 346 g/mol. The number of esters is 1. The molecule has 0 unspecified atom stereocenters. The maximum Gasteiger partial charge on any atom is 0.344 e. The van der Waals surface area contributed by atoms with Crippen LogP contribution >= 0.6 is 0 Å². The summed E-state index contributed by atoms with van der Waals surface area (Å²) in [5.74, 6) is 0.390. The zero-order valence-corrected chi connectivity index (χ0v) is 16.2. The van der Waals surface area contributed by atoms with Gasteiger partial charge in [-0.05, 0) is 32.8 Å². The van der Waals surface area contributed by atoms with Gasteiger partial charge >= 0.3 is 5.97 Å². The molecule has 1 aliphatic heterocycles. The van der Waals surface area contributed by atoms with Gasteiger partial charge in [0.05, 0.1) is 0 Å². The number of carbonyl (C=O) groups is 2. The fourth-order valence-electron chi connectivity index (χ4n) is 3.72. The van der Waals surface area contributed by atoms with E-state index in [0.29, 0.717) is 11.5 Å². The average molecular weight is 375 g/mol. The second-order valence-corrected chi connectivity index (χ2v) is 7.99. The lowest BCUT2D eigenvalue weighted by Gasteiger charge is -2.18. The number of fused-ring (bicyclic) bond motifs is 1. The normalized spacial score (nSPS) is 18.7. The van der Waals surface area contributed by atoms with Crippen molar-refractivity contribution >= 4 is 11.9 Å². The highest BCUT2D eigenvalue weighted by atomic mass is 16.6. The van der Waals surface area contributed by atoms with Gasteiger partial charge in [0, 0.05) is 18.0 Å². The van der Waals surface area contributed by atoms with E-state index >= 15 is 0 Å². The molecule has 2 aliphatic rings. The average Bonchev–Trinajstić information content (AvgIpc) is 2.78. The Labute approximate surface area is 160 Å². The van der Waals surface area contributed by atoms with Gasteiger partial charge in [0.15, 0.2) is 24.7 Å². The number of ether oxygens (including phenoxy) is 3. The van der Waals surface area contributed by atoms with Crippen LogP contribution in [0, 0.1) is 0 Å². The van der Waals surface area contributed by atoms with E-state index in [2.05, 4.69) is 5.32 Å². The standard InChI is InChI=1S/C21H29NO5/c1-21(2)12-15-8-7-11-17(20(15)27-21)25-14-19(24)26-13-18(23)22-16-9-5-3-4-6-10-16/h7-8,11,16H,3-6,9-10,12-14H2,1-2H3,(H,22,23). The van der Waals surface area contributed by atoms with E-state index in [1.54, 1.807) is 6.07 Å². The van der Waals surface area contributed by atoms with Crippen molar-refractivity contribution in [2.75, 3.05) is 13.2 Å². The maximum absolute atomic E-state index is 12.0. The van der Waals surface area contributed by atoms with Gasteiger partial charge in [0.1, 0.15) is 5.60 Å². The van der Waals surface area contributed by atoms with Crippen LogP contribution in [0.1, 0.15) is 57.9 Å². The van der Waals surface area contributed by atoms with Crippen LogP contribution in [0.3, 0.4) is 0 Å². The van der Waals surface area contributed by atoms with Gasteiger partial charge in [0.2, 0.25) is 0 Å². The summed E-state index contributed by atoms with van der Waals surface area (Å²) in [6, 6.07) is 5.84. The van der Waals surface area contributed by atoms with Crippen LogP contribution in [0.25, 0.3) is 0 Å². The summed E-state index contributed by atoms with van der Waals surface area (Å²) in [5.41, 5.74) is 0.784. The summed E-state index contributed by atoms with van der Waals surface area (Å²) >= 11 is 0. The smallest absolute Gasteiger partial charge is 0.344 e. The monoisotopic (exact) mass is 375 g/mol. The van der Waals surface area contributed by atoms with Crippen molar-refractivity contribution < 1.29 is 23.8 Å². The molecule has 1 fully saturated rings. The number of benzene rings is 1. The molecule has 1 aromatic carbocycles. The number of nitrogens with one attached hydrogen (secondary N) is 1. The molecule has 1 amide bonds. The first-order chi connectivity index (χ1) is 12.9. The number of hydrogen-bond acceptors (Lipinski definition) is 5. The number of hydrogen-bond donors (Lipinski definition) is 1. The third-order valence-electron chi connectivity index (χ3n) is 4.99. The van der Waals surface area contributed by atoms with E-state index in [1.807, 2.05) is 26.0 Å². The fourth-order valence-corrected chi connectivity index (χ4v) is 3.72. The fraction of sp³-hybridized carbons (Fsp3) is 0.619. The summed E-state index contributed by atoms with van der Waals surface area (Å²) in [6.45, 7) is 3.50. The Bertz CT molecular complexity index is 677. The summed E-state index contributed by atoms with van der Waals surface area (Å²) in [6.07, 6.45) is 7.52. The molecule has 6 nitrogen and oxygen atoms in total. The maximum atomic E-state index is 12.0. The van der Waals surface area contributed by atoms with Gasteiger partial charge in [-0.1, -0.05) is 37.8 Å². The van der Waals surface area contributed by atoms with Crippen molar-refractivity contribution in [3.8, 4) is 11.5 Å². The van der Waals surface area contributed by atoms with Crippen molar-refractivity contribution in [2.45, 2.75) is 70.4 Å². The molecular formula is C21H29NO5. The van der Waals surface area contributed by atoms with Gasteiger partial charge in [-0.15, -0.1) is 0 Å². The summed E-state index contributed by atoms with van der Waals surface area (Å²) in [5, 5.41) is 2.95. The van der Waals surface area contributed by atoms with E-state index in [-0.39, 0.29) is 30.8 Å². The molecule has 27 heavy (non-hydrogen) atoms. The number of rotatable bonds is 6. The molecule has 1 saturated carbocycles. The first-order valence-electron chi connectivity index (χ1n) is 9.82. The Kier molecular flexibility index (Phi) is 6.24. The minimum Gasteiger partial charge on any atom is -0.483 e. The number of carbonyl (C=O) groups excluding carboxylic acids is 2. The zero-order chi connectivity index (χ0) is 19.3. The van der Waals surface area contributed by atoms with Crippen molar-refractivity contribution in [3.05, 3.63) is 23.8 Å². The van der Waals surface area contributed by atoms with Crippen molar-refractivity contribution in [3.63, 3.8) is 0 Å². The lowest BCUT2D eigenvalue weighted by atomic mass is 10.0. The van der Waals surface area contributed by atoms with E-state index in [0.717, 1.165) is 37.7 Å². The molecule has 6 heteroatoms. The van der Waals surface area contributed by atoms with Crippen molar-refractivity contribution in [1.29, 1.82) is 0 Å². The van der Waals surface area contributed by atoms with Crippen molar-refractivity contribution in [1.82, 2.24) is 5.32 Å². The van der Waals surface area contributed by atoms with E-state index in [1.165, 1.54) is 12.8 Å². The largest absolute Gasteiger partial charge is 0.483 e. The zero-order valence-electron chi connectivity index (χ0n) is 16.2. The summed E-state index contributed by atoms with van der Waals surface area (Å²) in [7, 11) is 0. The highest BCUT2D eigenvalue weighted by Crippen LogP contribution is 2.41. The molecule has 3 rings (SSSR count). The highest BCUT2D eigenvalue weighted by Gasteiger charge is 2.32. The molecule has 1 aliphatic carbocycles. The predicted octanol–water partition coefficient (Wildman–Crippen LogP) is 3.16. The molecule has 0 saturated heterocycles. The lowest BCUT2D eigenvalue weighted by Crippen LogP contribution is -2.37. The van der Waals surface area contributed by atoms with Crippen LogP contribution in [0.5, 0.6) is 11.5 Å². The molecule has 0 radical (unpaired) electrons. The van der Waals surface area contributed by atoms with Crippen LogP contribution in [-0.2, 0) is 20.7 Å². The molecule has 1 N–H and O–H groups in total. The topological polar surface area (TPSA) is 73.9 Å². The van der Waals surface area contributed by atoms with Crippen LogP contribution in [-0.4, -0.2) is 36.7 Å². The first-order valence-corrected chi connectivity index (χ1v) is 9.82. The van der Waals surface area contributed by atoms with E-state index in [4.69, 9.17) is 14.2 Å². The number of para-hydroxylation sites is 1. The van der Waals surface area contributed by atoms with Crippen molar-refractivity contribution in [2.24, 2.45) is 0 Å². The molecule has 1 heterocycles. The Morgan fingerprint density at radius 1 is 1.15 bits per heavy atom. The predicted molar refractivity (Wildman–Crippen MR) is 101 cm³/mol. The summed E-state index contributed by atoms with van der Waals surface area (Å²) < 4.78 is 16.5. The van der Waals surface area contributed by atoms with Crippen LogP contribution < -0.4 is 14.8 Å². The Morgan fingerprint density at radius 3 is 2.63 bits per heavy atom. The van der Waals surface area contributed by atoms with Gasteiger partial charge in [-0.2, -0.15) is 0 Å². The molecule has 0 aromatic heterocycles. The van der Waals surface area contributed by atoms with E-state index in [9.17, 15) is 9.59 Å². The molecule has 1 aromatic rings. The van der Waals surface area contributed by atoms with Crippen LogP contribution in [0.4, 0.5) is 0 Å². The second-order valence-electron chi connectivity index (χ2n) is 7.99. The van der Waals surface area contributed by atoms with Crippen LogP contribution in [0.2, 0.25) is 0 Å². The Balaban J connectivity index is 1.42. The van der Waals surface area contributed by atoms with Gasteiger partial charge in [-0.25, -0.2) is 4.79 Å². The SMILES string of the molecule is CC1(C)Cc2cccc(OCC(=O)OCC(=O)NC3CCCCCC3)c2O1. The molecule has 0 bridgehead atoms. The van der Waals surface area contributed by atoms with Gasteiger partial charge in [0.25, 0.3) is 5.91 Å². The van der Waals surface area contributed by atoms with Crippen LogP contribution in [0.15, 0.2) is 18.2 Å². The molecule has 0 atom stereocenters. The minimum atomic E-state index is -0.569. The second kappa shape index (κ2) is 8.63. The first kappa shape index (κ1) is 19.5.